The first kappa shape index (κ1) is 10.5. The topological polar surface area (TPSA) is 12.0 Å². The Kier molecular flexibility index (Phi) is 5.01. The van der Waals surface area contributed by atoms with Crippen LogP contribution in [0.4, 0.5) is 0 Å². The molecule has 0 spiro atoms. The van der Waals surface area contributed by atoms with Gasteiger partial charge in [0.25, 0.3) is 0 Å². The molecule has 0 radical (unpaired) electrons. The number of rotatable bonds is 4. The maximum Gasteiger partial charge on any atom is 0.0167 e. The molecule has 0 aromatic rings. The van der Waals surface area contributed by atoms with Crippen molar-refractivity contribution in [3.63, 3.8) is 0 Å². The summed E-state index contributed by atoms with van der Waals surface area (Å²) in [6.45, 7) is 12.0. The lowest BCUT2D eigenvalue weighted by Crippen LogP contribution is -2.21. The van der Waals surface area contributed by atoms with Crippen LogP contribution in [-0.4, -0.2) is 6.54 Å². The second kappa shape index (κ2) is 5.22. The molecule has 1 heteroatoms. The molecule has 0 aromatic heterocycles. The van der Waals surface area contributed by atoms with Crippen LogP contribution in [0.3, 0.4) is 0 Å². The van der Waals surface area contributed by atoms with Crippen LogP contribution in [0.2, 0.25) is 0 Å². The minimum Gasteiger partial charge on any atom is -0.388 e. The molecule has 0 rings (SSSR count). The van der Waals surface area contributed by atoms with Gasteiger partial charge in [0.1, 0.15) is 0 Å². The lowest BCUT2D eigenvalue weighted by atomic mass is 10.1. The quantitative estimate of drug-likeness (QED) is 0.658. The molecule has 0 aromatic carbocycles. The number of allylic oxidation sites excluding steroid dienone is 2. The van der Waals surface area contributed by atoms with Gasteiger partial charge in [-0.1, -0.05) is 33.8 Å². The summed E-state index contributed by atoms with van der Waals surface area (Å²) in [7, 11) is 0. The monoisotopic (exact) mass is 155 g/mol. The summed E-state index contributed by atoms with van der Waals surface area (Å²) in [5, 5.41) is 3.43. The fourth-order valence-corrected chi connectivity index (χ4v) is 0.961. The minimum atomic E-state index is 0.624. The molecule has 0 aliphatic carbocycles. The van der Waals surface area contributed by atoms with E-state index in [-0.39, 0.29) is 0 Å². The summed E-state index contributed by atoms with van der Waals surface area (Å²) in [6, 6.07) is 0. The van der Waals surface area contributed by atoms with Gasteiger partial charge in [-0.2, -0.15) is 0 Å². The molecular formula is C10H21N. The first-order valence-electron chi connectivity index (χ1n) is 4.48. The van der Waals surface area contributed by atoms with Gasteiger partial charge in [0, 0.05) is 12.2 Å². The Bertz CT molecular complexity index is 123. The van der Waals surface area contributed by atoms with E-state index in [1.54, 1.807) is 0 Å². The van der Waals surface area contributed by atoms with Crippen LogP contribution < -0.4 is 5.32 Å². The molecular weight excluding hydrogens is 134 g/mol. The predicted octanol–water partition coefficient (Wildman–Crippen LogP) is 2.79. The Balaban J connectivity index is 3.72. The summed E-state index contributed by atoms with van der Waals surface area (Å²) in [4.78, 5) is 0. The van der Waals surface area contributed by atoms with Gasteiger partial charge in [-0.05, 0) is 18.8 Å². The largest absolute Gasteiger partial charge is 0.388 e. The van der Waals surface area contributed by atoms with Gasteiger partial charge >= 0.3 is 0 Å². The van der Waals surface area contributed by atoms with E-state index in [1.807, 2.05) is 0 Å². The highest BCUT2D eigenvalue weighted by Crippen LogP contribution is 2.05. The third-order valence-electron chi connectivity index (χ3n) is 1.65. The van der Waals surface area contributed by atoms with Gasteiger partial charge in [-0.3, -0.25) is 0 Å². The molecule has 1 N–H and O–H groups in total. The predicted molar refractivity (Wildman–Crippen MR) is 51.4 cm³/mol. The Labute approximate surface area is 70.9 Å². The number of hydrogen-bond donors (Lipinski definition) is 1. The van der Waals surface area contributed by atoms with Crippen molar-refractivity contribution in [3.05, 3.63) is 11.8 Å². The van der Waals surface area contributed by atoms with Gasteiger partial charge in [0.15, 0.2) is 0 Å². The van der Waals surface area contributed by atoms with E-state index in [1.165, 1.54) is 5.70 Å². The van der Waals surface area contributed by atoms with Crippen molar-refractivity contribution in [1.82, 2.24) is 5.32 Å². The van der Waals surface area contributed by atoms with Crippen molar-refractivity contribution >= 4 is 0 Å². The Morgan fingerprint density at radius 2 is 1.82 bits per heavy atom. The van der Waals surface area contributed by atoms with E-state index in [4.69, 9.17) is 0 Å². The normalized spacial score (nSPS) is 12.8. The average Bonchev–Trinajstić information content (AvgIpc) is 1.87. The van der Waals surface area contributed by atoms with E-state index in [0.717, 1.165) is 12.5 Å². The highest BCUT2D eigenvalue weighted by Gasteiger charge is 2.00. The smallest absolute Gasteiger partial charge is 0.0167 e. The van der Waals surface area contributed by atoms with Crippen molar-refractivity contribution in [2.75, 3.05) is 6.54 Å². The number of hydrogen-bond acceptors (Lipinski definition) is 1. The maximum atomic E-state index is 3.43. The molecule has 11 heavy (non-hydrogen) atoms. The second-order valence-corrected chi connectivity index (χ2v) is 3.67. The molecule has 0 saturated heterocycles. The maximum absolute atomic E-state index is 3.43. The molecule has 0 amide bonds. The molecule has 1 nitrogen and oxygen atoms in total. The van der Waals surface area contributed by atoms with Gasteiger partial charge in [-0.15, -0.1) is 0 Å². The van der Waals surface area contributed by atoms with Gasteiger partial charge in [-0.25, -0.2) is 0 Å². The van der Waals surface area contributed by atoms with Crippen LogP contribution in [0.25, 0.3) is 0 Å². The second-order valence-electron chi connectivity index (χ2n) is 3.67. The van der Waals surface area contributed by atoms with Crippen LogP contribution >= 0.6 is 0 Å². The molecule has 0 heterocycles. The third kappa shape index (κ3) is 4.88. The lowest BCUT2D eigenvalue weighted by molar-refractivity contribution is 0.557. The van der Waals surface area contributed by atoms with Crippen molar-refractivity contribution in [2.45, 2.75) is 34.6 Å². The fraction of sp³-hybridized carbons (Fsp3) is 0.800. The zero-order valence-electron chi connectivity index (χ0n) is 8.44. The number of nitrogens with one attached hydrogen (secondary N) is 1. The molecule has 0 aliphatic heterocycles. The molecule has 66 valence electrons. The SMILES string of the molecule is C/C=C(\NCC(C)C)C(C)C. The molecule has 0 unspecified atom stereocenters. The summed E-state index contributed by atoms with van der Waals surface area (Å²) in [5.74, 6) is 1.35. The third-order valence-corrected chi connectivity index (χ3v) is 1.65. The summed E-state index contributed by atoms with van der Waals surface area (Å²) in [6.07, 6.45) is 2.16. The molecule has 0 fully saturated rings. The first-order valence-corrected chi connectivity index (χ1v) is 4.48. The van der Waals surface area contributed by atoms with Crippen molar-refractivity contribution in [2.24, 2.45) is 11.8 Å². The van der Waals surface area contributed by atoms with Crippen molar-refractivity contribution in [1.29, 1.82) is 0 Å². The van der Waals surface area contributed by atoms with Crippen molar-refractivity contribution in [3.8, 4) is 0 Å². The minimum absolute atomic E-state index is 0.624. The van der Waals surface area contributed by atoms with Crippen molar-refractivity contribution < 1.29 is 0 Å². The van der Waals surface area contributed by atoms with E-state index in [2.05, 4.69) is 46.0 Å². The zero-order chi connectivity index (χ0) is 8.85. The Morgan fingerprint density at radius 1 is 1.27 bits per heavy atom. The standard InChI is InChI=1S/C10H21N/c1-6-10(9(4)5)11-7-8(2)3/h6,8-9,11H,7H2,1-5H3/b10-6-. The molecule has 0 saturated carbocycles. The highest BCUT2D eigenvalue weighted by atomic mass is 14.9. The van der Waals surface area contributed by atoms with Crippen LogP contribution in [0.15, 0.2) is 11.8 Å². The zero-order valence-corrected chi connectivity index (χ0v) is 8.44. The van der Waals surface area contributed by atoms with Crippen LogP contribution in [-0.2, 0) is 0 Å². The Hall–Kier alpha value is -0.460. The Morgan fingerprint density at radius 3 is 2.09 bits per heavy atom. The van der Waals surface area contributed by atoms with Crippen LogP contribution in [0.1, 0.15) is 34.6 Å². The van der Waals surface area contributed by atoms with Gasteiger partial charge < -0.3 is 5.32 Å². The highest BCUT2D eigenvalue weighted by molar-refractivity contribution is 5.00. The van der Waals surface area contributed by atoms with E-state index < -0.39 is 0 Å². The fourth-order valence-electron chi connectivity index (χ4n) is 0.961. The summed E-state index contributed by atoms with van der Waals surface area (Å²) in [5.41, 5.74) is 1.36. The van der Waals surface area contributed by atoms with Gasteiger partial charge in [0.2, 0.25) is 0 Å². The first-order chi connectivity index (χ1) is 5.07. The molecule has 0 atom stereocenters. The van der Waals surface area contributed by atoms with E-state index in [0.29, 0.717) is 5.92 Å². The molecule has 0 bridgehead atoms. The average molecular weight is 155 g/mol. The molecule has 0 aliphatic rings. The summed E-state index contributed by atoms with van der Waals surface area (Å²) >= 11 is 0. The van der Waals surface area contributed by atoms with Crippen LogP contribution in [0, 0.1) is 11.8 Å². The van der Waals surface area contributed by atoms with E-state index >= 15 is 0 Å². The van der Waals surface area contributed by atoms with Crippen LogP contribution in [0.5, 0.6) is 0 Å². The van der Waals surface area contributed by atoms with E-state index in [9.17, 15) is 0 Å². The van der Waals surface area contributed by atoms with Gasteiger partial charge in [0.05, 0.1) is 0 Å². The lowest BCUT2D eigenvalue weighted by Gasteiger charge is -2.15. The summed E-state index contributed by atoms with van der Waals surface area (Å²) < 4.78 is 0.